The molecule has 1 rings (SSSR count). The van der Waals surface area contributed by atoms with E-state index in [1.807, 2.05) is 37.3 Å². The second kappa shape index (κ2) is 6.53. The number of hydrogen-bond donors (Lipinski definition) is 2. The first-order valence-electron chi connectivity index (χ1n) is 4.82. The van der Waals surface area contributed by atoms with Gasteiger partial charge in [-0.25, -0.2) is 0 Å². The van der Waals surface area contributed by atoms with Crippen LogP contribution in [0.25, 0.3) is 0 Å². The monoisotopic (exact) mass is 294 g/mol. The van der Waals surface area contributed by atoms with Crippen LogP contribution in [0.3, 0.4) is 0 Å². The molecule has 0 aliphatic rings. The van der Waals surface area contributed by atoms with Gasteiger partial charge in [0, 0.05) is 0 Å². The van der Waals surface area contributed by atoms with Crippen molar-refractivity contribution in [1.82, 2.24) is 3.87 Å². The van der Waals surface area contributed by atoms with Crippen molar-refractivity contribution in [3.63, 3.8) is 0 Å². The van der Waals surface area contributed by atoms with Crippen LogP contribution in [0.15, 0.2) is 30.3 Å². The van der Waals surface area contributed by atoms with Crippen molar-refractivity contribution in [2.24, 2.45) is 0 Å². The molecule has 0 spiro atoms. The summed E-state index contributed by atoms with van der Waals surface area (Å²) < 4.78 is 1.87. The van der Waals surface area contributed by atoms with E-state index < -0.39 is 16.0 Å². The van der Waals surface area contributed by atoms with Gasteiger partial charge in [-0.05, 0) is 0 Å². The number of carbonyl (C=O) groups excluding carboxylic acids is 1. The zero-order valence-corrected chi connectivity index (χ0v) is 13.2. The summed E-state index contributed by atoms with van der Waals surface area (Å²) in [7, 11) is 0. The average molecular weight is 296 g/mol. The predicted molar refractivity (Wildman–Crippen MR) is 62.8 cm³/mol. The Kier molecular flexibility index (Phi) is 5.68. The number of carbonyl (C=O) groups is 1. The first-order valence-corrected chi connectivity index (χ1v) is 10.7. The van der Waals surface area contributed by atoms with Crippen molar-refractivity contribution in [3.05, 3.63) is 30.3 Å². The van der Waals surface area contributed by atoms with E-state index >= 15 is 0 Å². The second-order valence-corrected chi connectivity index (χ2v) is 12.3. The molecule has 1 aromatic carbocycles. The van der Waals surface area contributed by atoms with Gasteiger partial charge in [-0.3, -0.25) is 0 Å². The summed E-state index contributed by atoms with van der Waals surface area (Å²) in [5.74, 6) is 0. The van der Waals surface area contributed by atoms with Crippen LogP contribution in [-0.2, 0) is 20.8 Å². The Hall–Kier alpha value is -0.0266. The van der Waals surface area contributed by atoms with Crippen molar-refractivity contribution >= 4 is 34.4 Å². The minimum absolute atomic E-state index is 0.145. The molecule has 0 saturated carbocycles. The van der Waals surface area contributed by atoms with Gasteiger partial charge in [0.25, 0.3) is 0 Å². The third kappa shape index (κ3) is 4.15. The van der Waals surface area contributed by atoms with E-state index in [9.17, 15) is 4.79 Å². The van der Waals surface area contributed by atoms with Crippen molar-refractivity contribution in [3.8, 4) is 0 Å². The summed E-state index contributed by atoms with van der Waals surface area (Å²) in [6.45, 7) is 2.02. The SMILES string of the molecule is C[CH2][Zn]([C](=O)ON(S)S)[c]1ccccc1. The van der Waals surface area contributed by atoms with E-state index in [4.69, 9.17) is 4.84 Å². The van der Waals surface area contributed by atoms with Gasteiger partial charge in [0.1, 0.15) is 0 Å². The van der Waals surface area contributed by atoms with Crippen LogP contribution in [0.4, 0.5) is 4.79 Å². The van der Waals surface area contributed by atoms with Gasteiger partial charge >= 0.3 is 106 Å². The summed E-state index contributed by atoms with van der Waals surface area (Å²) in [6, 6.07) is 9.82. The molecule has 0 aliphatic carbocycles. The van der Waals surface area contributed by atoms with Crippen LogP contribution in [0.1, 0.15) is 6.92 Å². The summed E-state index contributed by atoms with van der Waals surface area (Å²) >= 11 is 5.09. The van der Waals surface area contributed by atoms with Crippen LogP contribution in [0.2, 0.25) is 5.02 Å². The first-order chi connectivity index (χ1) is 7.15. The molecule has 0 unspecified atom stereocenters. The zero-order valence-electron chi connectivity index (χ0n) is 8.46. The maximum absolute atomic E-state index is 11.7. The molecule has 0 bridgehead atoms. The number of thiol groups is 2. The van der Waals surface area contributed by atoms with Gasteiger partial charge in [-0.1, -0.05) is 0 Å². The molecular weight excluding hydrogens is 284 g/mol. The van der Waals surface area contributed by atoms with Gasteiger partial charge < -0.3 is 0 Å². The molecule has 0 fully saturated rings. The van der Waals surface area contributed by atoms with Crippen LogP contribution in [-0.4, -0.2) is 8.44 Å². The number of nitrogens with zero attached hydrogens (tertiary/aromatic N) is 1. The Morgan fingerprint density at radius 2 is 2.00 bits per heavy atom. The fraction of sp³-hybridized carbons (Fsp3) is 0.222. The molecular formula is C9H12NO2S2Zn. The molecule has 6 heteroatoms. The number of benzene rings is 1. The third-order valence-corrected chi connectivity index (χ3v) is 9.42. The molecule has 0 atom stereocenters. The van der Waals surface area contributed by atoms with Gasteiger partial charge in [0.2, 0.25) is 0 Å². The molecule has 15 heavy (non-hydrogen) atoms. The Labute approximate surface area is 106 Å². The second-order valence-electron chi connectivity index (χ2n) is 3.38. The van der Waals surface area contributed by atoms with Crippen molar-refractivity contribution in [1.29, 1.82) is 0 Å². The summed E-state index contributed by atoms with van der Waals surface area (Å²) in [6.07, 6.45) is 0. The number of hydrogen-bond acceptors (Lipinski definition) is 5. The minimum atomic E-state index is -2.45. The topological polar surface area (TPSA) is 29.5 Å². The van der Waals surface area contributed by atoms with E-state index in [0.29, 0.717) is 0 Å². The maximum atomic E-state index is 11.7. The Bertz CT molecular complexity index is 321. The molecule has 1 aromatic rings. The predicted octanol–water partition coefficient (Wildman–Crippen LogP) is 2.41. The summed E-state index contributed by atoms with van der Waals surface area (Å²) in [4.78, 5) is 16.6. The fourth-order valence-electron chi connectivity index (χ4n) is 1.59. The third-order valence-electron chi connectivity index (χ3n) is 2.37. The van der Waals surface area contributed by atoms with Crippen LogP contribution >= 0.6 is 25.6 Å². The Morgan fingerprint density at radius 3 is 2.47 bits per heavy atom. The van der Waals surface area contributed by atoms with E-state index in [1.165, 1.54) is 0 Å². The summed E-state index contributed by atoms with van der Waals surface area (Å²) in [5.41, 5.74) is 0. The number of rotatable bonds is 4. The van der Waals surface area contributed by atoms with Gasteiger partial charge in [-0.2, -0.15) is 0 Å². The van der Waals surface area contributed by atoms with Gasteiger partial charge in [0.05, 0.1) is 0 Å². The standard InChI is InChI=1S/C6H5.C2H5.CH2NO2S2.Zn/c1-2-4-6-5-3-1;1-2;3-1-4-2(5)6;/h1-5H;1H2,2H3;5-6H;. The normalized spacial score (nSPS) is 10.1. The van der Waals surface area contributed by atoms with Crippen molar-refractivity contribution in [2.75, 3.05) is 0 Å². The van der Waals surface area contributed by atoms with Gasteiger partial charge in [-0.15, -0.1) is 0 Å². The molecule has 0 amide bonds. The van der Waals surface area contributed by atoms with Crippen LogP contribution < -0.4 is 4.16 Å². The molecule has 0 saturated heterocycles. The quantitative estimate of drug-likeness (QED) is 0.508. The average Bonchev–Trinajstić information content (AvgIpc) is 2.19. The first kappa shape index (κ1) is 13.0. The van der Waals surface area contributed by atoms with E-state index in [0.717, 1.165) is 13.0 Å². The van der Waals surface area contributed by atoms with Gasteiger partial charge in [0.15, 0.2) is 0 Å². The van der Waals surface area contributed by atoms with E-state index in [2.05, 4.69) is 25.6 Å². The Morgan fingerprint density at radius 1 is 1.40 bits per heavy atom. The molecule has 0 radical (unpaired) electrons. The van der Waals surface area contributed by atoms with Crippen molar-refractivity contribution < 1.29 is 25.6 Å². The summed E-state index contributed by atoms with van der Waals surface area (Å²) in [5, 5.41) is 0.887. The molecule has 0 aromatic heterocycles. The molecule has 0 aliphatic heterocycles. The zero-order chi connectivity index (χ0) is 11.3. The van der Waals surface area contributed by atoms with E-state index in [1.54, 1.807) is 0 Å². The van der Waals surface area contributed by atoms with Crippen molar-refractivity contribution in [2.45, 2.75) is 11.9 Å². The van der Waals surface area contributed by atoms with Crippen LogP contribution in [0.5, 0.6) is 0 Å². The Balaban J connectivity index is 2.76. The fourth-order valence-corrected chi connectivity index (χ4v) is 7.36. The molecule has 0 N–H and O–H groups in total. The van der Waals surface area contributed by atoms with Crippen LogP contribution in [0, 0.1) is 0 Å². The van der Waals surface area contributed by atoms with E-state index in [-0.39, 0.29) is 4.56 Å². The molecule has 0 heterocycles. The molecule has 3 nitrogen and oxygen atoms in total. The molecule has 79 valence electrons.